The van der Waals surface area contributed by atoms with Crippen molar-refractivity contribution < 1.29 is 13.2 Å². The van der Waals surface area contributed by atoms with E-state index >= 15 is 0 Å². The van der Waals surface area contributed by atoms with E-state index in [1.54, 1.807) is 53.1 Å². The fourth-order valence-electron chi connectivity index (χ4n) is 3.51. The van der Waals surface area contributed by atoms with Gasteiger partial charge in [-0.15, -0.1) is 11.8 Å². The van der Waals surface area contributed by atoms with Crippen LogP contribution in [0.25, 0.3) is 0 Å². The van der Waals surface area contributed by atoms with Crippen LogP contribution in [0.4, 0.5) is 11.4 Å². The monoisotopic (exact) mass is 452 g/mol. The summed E-state index contributed by atoms with van der Waals surface area (Å²) in [5.41, 5.74) is 5.49. The first kappa shape index (κ1) is 21.5. The normalized spacial score (nSPS) is 16.5. The number of rotatable bonds is 5. The summed E-state index contributed by atoms with van der Waals surface area (Å²) < 4.78 is 28.2. The van der Waals surface area contributed by atoms with Gasteiger partial charge in [0.1, 0.15) is 5.37 Å². The Morgan fingerprint density at radius 2 is 1.68 bits per heavy atom. The highest BCUT2D eigenvalue weighted by atomic mass is 32.2. The molecular formula is C24H24N2O3S2. The van der Waals surface area contributed by atoms with Gasteiger partial charge in [-0.1, -0.05) is 35.9 Å². The van der Waals surface area contributed by atoms with Gasteiger partial charge in [0.15, 0.2) is 0 Å². The minimum Gasteiger partial charge on any atom is -0.295 e. The summed E-state index contributed by atoms with van der Waals surface area (Å²) in [6, 6.07) is 20.0. The molecule has 1 aliphatic heterocycles. The number of aryl methyl sites for hydroxylation is 3. The maximum absolute atomic E-state index is 12.8. The van der Waals surface area contributed by atoms with Crippen molar-refractivity contribution in [3.63, 3.8) is 0 Å². The van der Waals surface area contributed by atoms with Crippen LogP contribution >= 0.6 is 11.8 Å². The number of thioether (sulfide) groups is 1. The lowest BCUT2D eigenvalue weighted by atomic mass is 10.1. The highest BCUT2D eigenvalue weighted by molar-refractivity contribution is 8.00. The average Bonchev–Trinajstić information content (AvgIpc) is 3.12. The smallest absolute Gasteiger partial charge is 0.261 e. The van der Waals surface area contributed by atoms with E-state index in [-0.39, 0.29) is 16.2 Å². The van der Waals surface area contributed by atoms with E-state index in [1.807, 2.05) is 51.1 Å². The van der Waals surface area contributed by atoms with Crippen LogP contribution in [0, 0.1) is 20.8 Å². The lowest BCUT2D eigenvalue weighted by Gasteiger charge is -2.25. The van der Waals surface area contributed by atoms with E-state index in [0.29, 0.717) is 11.4 Å². The van der Waals surface area contributed by atoms with Crippen molar-refractivity contribution in [2.45, 2.75) is 31.0 Å². The van der Waals surface area contributed by atoms with Gasteiger partial charge in [-0.05, 0) is 73.9 Å². The Hall–Kier alpha value is -2.77. The van der Waals surface area contributed by atoms with Gasteiger partial charge in [-0.3, -0.25) is 14.4 Å². The first-order chi connectivity index (χ1) is 14.7. The van der Waals surface area contributed by atoms with Crippen LogP contribution in [0.15, 0.2) is 71.6 Å². The number of carbonyl (C=O) groups excluding carboxylic acids is 1. The van der Waals surface area contributed by atoms with Gasteiger partial charge in [0.25, 0.3) is 10.0 Å². The topological polar surface area (TPSA) is 66.5 Å². The average molecular weight is 453 g/mol. The van der Waals surface area contributed by atoms with Crippen LogP contribution in [0.5, 0.6) is 0 Å². The van der Waals surface area contributed by atoms with Crippen molar-refractivity contribution in [3.05, 3.63) is 89.0 Å². The van der Waals surface area contributed by atoms with E-state index in [0.717, 1.165) is 22.4 Å². The standard InChI is InChI=1S/C24H24N2O3S2/c1-16-7-11-22(12-8-16)31(28,29)25-20-6-4-5-19(14-20)24-26(23(27)15-30-24)21-10-9-17(2)18(3)13-21/h4-14,24-25H,15H2,1-3H3/t24-/m1/s1. The van der Waals surface area contributed by atoms with Crippen molar-refractivity contribution in [1.29, 1.82) is 0 Å². The van der Waals surface area contributed by atoms with Gasteiger partial charge in [-0.25, -0.2) is 8.42 Å². The maximum Gasteiger partial charge on any atom is 0.261 e. The Morgan fingerprint density at radius 3 is 2.39 bits per heavy atom. The number of hydrogen-bond acceptors (Lipinski definition) is 4. The second-order valence-electron chi connectivity index (χ2n) is 7.74. The maximum atomic E-state index is 12.8. The van der Waals surface area contributed by atoms with E-state index in [9.17, 15) is 13.2 Å². The van der Waals surface area contributed by atoms with Crippen molar-refractivity contribution >= 4 is 39.1 Å². The third-order valence-electron chi connectivity index (χ3n) is 5.39. The lowest BCUT2D eigenvalue weighted by Crippen LogP contribution is -2.28. The zero-order chi connectivity index (χ0) is 22.2. The fraction of sp³-hybridized carbons (Fsp3) is 0.208. The summed E-state index contributed by atoms with van der Waals surface area (Å²) in [6.45, 7) is 5.98. The molecule has 0 bridgehead atoms. The first-order valence-corrected chi connectivity index (χ1v) is 12.5. The Bertz CT molecular complexity index is 1240. The molecule has 3 aromatic rings. The SMILES string of the molecule is Cc1ccc(S(=O)(=O)Nc2cccc([C@H]3SCC(=O)N3c3ccc(C)c(C)c3)c2)cc1. The molecule has 0 aromatic heterocycles. The molecule has 4 rings (SSSR count). The van der Waals surface area contributed by atoms with Crippen molar-refractivity contribution in [2.24, 2.45) is 0 Å². The third-order valence-corrected chi connectivity index (χ3v) is 8.00. The van der Waals surface area contributed by atoms with Crippen molar-refractivity contribution in [2.75, 3.05) is 15.4 Å². The molecule has 1 saturated heterocycles. The summed E-state index contributed by atoms with van der Waals surface area (Å²) in [4.78, 5) is 14.7. The molecule has 1 heterocycles. The van der Waals surface area contributed by atoms with Gasteiger partial charge < -0.3 is 0 Å². The molecular weight excluding hydrogens is 428 g/mol. The molecule has 0 spiro atoms. The fourth-order valence-corrected chi connectivity index (χ4v) is 5.73. The van der Waals surface area contributed by atoms with Crippen molar-refractivity contribution in [1.82, 2.24) is 0 Å². The number of carbonyl (C=O) groups is 1. The Kier molecular flexibility index (Phi) is 5.81. The highest BCUT2D eigenvalue weighted by Crippen LogP contribution is 2.42. The second-order valence-corrected chi connectivity index (χ2v) is 10.5. The van der Waals surface area contributed by atoms with E-state index in [2.05, 4.69) is 4.72 Å². The molecule has 1 fully saturated rings. The molecule has 160 valence electrons. The number of benzene rings is 3. The van der Waals surface area contributed by atoms with Crippen molar-refractivity contribution in [3.8, 4) is 0 Å². The van der Waals surface area contributed by atoms with Crippen LogP contribution in [-0.4, -0.2) is 20.1 Å². The molecule has 1 aliphatic rings. The number of nitrogens with one attached hydrogen (secondary N) is 1. The summed E-state index contributed by atoms with van der Waals surface area (Å²) in [6.07, 6.45) is 0. The van der Waals surface area contributed by atoms with Crippen LogP contribution < -0.4 is 9.62 Å². The highest BCUT2D eigenvalue weighted by Gasteiger charge is 2.34. The van der Waals surface area contributed by atoms with Crippen LogP contribution in [0.3, 0.4) is 0 Å². The van der Waals surface area contributed by atoms with E-state index < -0.39 is 10.0 Å². The second kappa shape index (κ2) is 8.40. The summed E-state index contributed by atoms with van der Waals surface area (Å²) >= 11 is 1.54. The molecule has 5 nitrogen and oxygen atoms in total. The van der Waals surface area contributed by atoms with Gasteiger partial charge in [0, 0.05) is 11.4 Å². The minimum atomic E-state index is -3.69. The van der Waals surface area contributed by atoms with Crippen LogP contribution in [0.1, 0.15) is 27.6 Å². The third kappa shape index (κ3) is 4.48. The molecule has 0 saturated carbocycles. The number of sulfonamides is 1. The molecule has 1 atom stereocenters. The molecule has 3 aromatic carbocycles. The summed E-state index contributed by atoms with van der Waals surface area (Å²) in [5.74, 6) is 0.431. The summed E-state index contributed by atoms with van der Waals surface area (Å²) in [7, 11) is -3.69. The summed E-state index contributed by atoms with van der Waals surface area (Å²) in [5, 5.41) is -0.210. The van der Waals surface area contributed by atoms with E-state index in [1.165, 1.54) is 5.56 Å². The van der Waals surface area contributed by atoms with Crippen LogP contribution in [-0.2, 0) is 14.8 Å². The largest absolute Gasteiger partial charge is 0.295 e. The van der Waals surface area contributed by atoms with Gasteiger partial charge in [0.2, 0.25) is 5.91 Å². The Morgan fingerprint density at radius 1 is 0.935 bits per heavy atom. The molecule has 1 N–H and O–H groups in total. The Balaban J connectivity index is 1.63. The zero-order valence-corrected chi connectivity index (χ0v) is 19.3. The number of nitrogens with zero attached hydrogens (tertiary/aromatic N) is 1. The molecule has 7 heteroatoms. The number of amides is 1. The van der Waals surface area contributed by atoms with Gasteiger partial charge >= 0.3 is 0 Å². The van der Waals surface area contributed by atoms with E-state index in [4.69, 9.17) is 0 Å². The number of hydrogen-bond donors (Lipinski definition) is 1. The quantitative estimate of drug-likeness (QED) is 0.578. The zero-order valence-electron chi connectivity index (χ0n) is 17.6. The molecule has 0 unspecified atom stereocenters. The van der Waals surface area contributed by atoms with Gasteiger partial charge in [-0.2, -0.15) is 0 Å². The molecule has 0 aliphatic carbocycles. The van der Waals surface area contributed by atoms with Crippen LogP contribution in [0.2, 0.25) is 0 Å². The first-order valence-electron chi connectivity index (χ1n) is 9.95. The Labute approximate surface area is 187 Å². The predicted octanol–water partition coefficient (Wildman–Crippen LogP) is 5.19. The minimum absolute atomic E-state index is 0.0453. The molecule has 0 radical (unpaired) electrons. The number of anilines is 2. The van der Waals surface area contributed by atoms with Gasteiger partial charge in [0.05, 0.1) is 10.6 Å². The molecule has 1 amide bonds. The predicted molar refractivity (Wildman–Crippen MR) is 127 cm³/mol. The molecule has 31 heavy (non-hydrogen) atoms. The lowest BCUT2D eigenvalue weighted by molar-refractivity contribution is -0.115.